The number of hydrogen-bond acceptors (Lipinski definition) is 3. The molecule has 0 saturated carbocycles. The number of nitrogens with zero attached hydrogens (tertiary/aromatic N) is 1. The summed E-state index contributed by atoms with van der Waals surface area (Å²) < 4.78 is 5.05. The summed E-state index contributed by atoms with van der Waals surface area (Å²) in [5.41, 5.74) is 1.10. The number of nitrogens with one attached hydrogen (secondary N) is 1. The topological polar surface area (TPSA) is 58.6 Å². The molecular weight excluding hydrogens is 316 g/mol. The number of hydrogen-bond donors (Lipinski definition) is 1. The minimum atomic E-state index is -0.725. The fraction of sp³-hybridized carbons (Fsp3) is 0.176. The van der Waals surface area contributed by atoms with E-state index in [0.717, 1.165) is 0 Å². The minimum absolute atomic E-state index is 0.355. The van der Waals surface area contributed by atoms with Crippen LogP contribution in [-0.4, -0.2) is 25.5 Å². The highest BCUT2D eigenvalue weighted by Gasteiger charge is 2.22. The molecule has 5 nitrogen and oxygen atoms in total. The van der Waals surface area contributed by atoms with E-state index in [1.54, 1.807) is 24.3 Å². The van der Waals surface area contributed by atoms with Crippen molar-refractivity contribution >= 4 is 34.8 Å². The molecule has 2 aromatic rings. The maximum atomic E-state index is 12.3. The predicted octanol–water partition coefficient (Wildman–Crippen LogP) is 3.34. The number of rotatable bonds is 4. The highest BCUT2D eigenvalue weighted by Crippen LogP contribution is 2.27. The Labute approximate surface area is 139 Å². The van der Waals surface area contributed by atoms with Crippen LogP contribution in [0.1, 0.15) is 6.92 Å². The molecule has 6 heteroatoms. The maximum absolute atomic E-state index is 12.3. The van der Waals surface area contributed by atoms with Gasteiger partial charge in [0.2, 0.25) is 0 Å². The van der Waals surface area contributed by atoms with Crippen LogP contribution in [0.4, 0.5) is 11.4 Å². The number of halogens is 1. The van der Waals surface area contributed by atoms with Crippen molar-refractivity contribution in [1.82, 2.24) is 0 Å². The average molecular weight is 333 g/mol. The van der Waals surface area contributed by atoms with Crippen LogP contribution in [0.3, 0.4) is 0 Å². The van der Waals surface area contributed by atoms with Gasteiger partial charge in [0.05, 0.1) is 12.1 Å². The number of likely N-dealkylation sites (N-methyl/N-ethyl adjacent to an activating group) is 1. The molecule has 23 heavy (non-hydrogen) atoms. The Hall–Kier alpha value is -2.53. The zero-order chi connectivity index (χ0) is 16.8. The van der Waals surface area contributed by atoms with Gasteiger partial charge in [-0.05, 0) is 37.3 Å². The van der Waals surface area contributed by atoms with Crippen LogP contribution >= 0.6 is 11.6 Å². The first kappa shape index (κ1) is 16.8. The van der Waals surface area contributed by atoms with E-state index < -0.39 is 11.8 Å². The third-order valence-electron chi connectivity index (χ3n) is 3.23. The number of ether oxygens (including phenoxy) is 1. The smallest absolute Gasteiger partial charge is 0.316 e. The SMILES string of the molecule is CCN(C(=O)C(=O)Nc1ccc(OC)c(Cl)c1)c1ccccc1. The molecule has 0 heterocycles. The molecule has 0 atom stereocenters. The van der Waals surface area contributed by atoms with E-state index >= 15 is 0 Å². The highest BCUT2D eigenvalue weighted by atomic mass is 35.5. The van der Waals surface area contributed by atoms with Gasteiger partial charge >= 0.3 is 11.8 Å². The van der Waals surface area contributed by atoms with Crippen molar-refractivity contribution in [1.29, 1.82) is 0 Å². The first-order chi connectivity index (χ1) is 11.1. The highest BCUT2D eigenvalue weighted by molar-refractivity contribution is 6.44. The summed E-state index contributed by atoms with van der Waals surface area (Å²) in [4.78, 5) is 25.9. The largest absolute Gasteiger partial charge is 0.495 e. The molecular formula is C17H17ClN2O3. The Bertz CT molecular complexity index is 704. The fourth-order valence-electron chi connectivity index (χ4n) is 2.10. The second-order valence-electron chi connectivity index (χ2n) is 4.69. The molecule has 2 amide bonds. The van der Waals surface area contributed by atoms with E-state index in [0.29, 0.717) is 28.7 Å². The summed E-state index contributed by atoms with van der Waals surface area (Å²) in [6.45, 7) is 2.20. The van der Waals surface area contributed by atoms with Crippen LogP contribution < -0.4 is 15.0 Å². The molecule has 0 aliphatic carbocycles. The molecule has 1 N–H and O–H groups in total. The number of anilines is 2. The number of para-hydroxylation sites is 1. The van der Waals surface area contributed by atoms with Crippen molar-refractivity contribution in [2.45, 2.75) is 6.92 Å². The van der Waals surface area contributed by atoms with Crippen molar-refractivity contribution in [3.63, 3.8) is 0 Å². The molecule has 120 valence electrons. The van der Waals surface area contributed by atoms with E-state index in [-0.39, 0.29) is 0 Å². The molecule has 0 aliphatic rings. The van der Waals surface area contributed by atoms with Gasteiger partial charge in [-0.3, -0.25) is 9.59 Å². The zero-order valence-electron chi connectivity index (χ0n) is 12.9. The summed E-state index contributed by atoms with van der Waals surface area (Å²) in [6.07, 6.45) is 0. The van der Waals surface area contributed by atoms with Crippen molar-refractivity contribution in [3.8, 4) is 5.75 Å². The molecule has 0 aliphatic heterocycles. The summed E-state index contributed by atoms with van der Waals surface area (Å²) >= 11 is 6.01. The lowest BCUT2D eigenvalue weighted by molar-refractivity contribution is -0.134. The van der Waals surface area contributed by atoms with E-state index in [9.17, 15) is 9.59 Å². The molecule has 0 bridgehead atoms. The standard InChI is InChI=1S/C17H17ClN2O3/c1-3-20(13-7-5-4-6-8-13)17(22)16(21)19-12-9-10-15(23-2)14(18)11-12/h4-11H,3H2,1-2H3,(H,19,21). The molecule has 0 spiro atoms. The van der Waals surface area contributed by atoms with Crippen molar-refractivity contribution in [2.75, 3.05) is 23.9 Å². The van der Waals surface area contributed by atoms with Gasteiger partial charge in [-0.2, -0.15) is 0 Å². The van der Waals surface area contributed by atoms with Crippen LogP contribution in [0.25, 0.3) is 0 Å². The second-order valence-corrected chi connectivity index (χ2v) is 5.10. The van der Waals surface area contributed by atoms with Crippen LogP contribution in [0.2, 0.25) is 5.02 Å². The van der Waals surface area contributed by atoms with Gasteiger partial charge in [-0.25, -0.2) is 0 Å². The fourth-order valence-corrected chi connectivity index (χ4v) is 2.36. The van der Waals surface area contributed by atoms with E-state index in [2.05, 4.69) is 5.32 Å². The zero-order valence-corrected chi connectivity index (χ0v) is 13.6. The molecule has 2 rings (SSSR count). The summed E-state index contributed by atoms with van der Waals surface area (Å²) in [7, 11) is 1.50. The quantitative estimate of drug-likeness (QED) is 0.874. The normalized spacial score (nSPS) is 10.0. The summed E-state index contributed by atoms with van der Waals surface area (Å²) in [5.74, 6) is -0.863. The number of carbonyl (C=O) groups excluding carboxylic acids is 2. The molecule has 0 saturated heterocycles. The number of carbonyl (C=O) groups is 2. The molecule has 2 aromatic carbocycles. The Balaban J connectivity index is 2.13. The third-order valence-corrected chi connectivity index (χ3v) is 3.53. The van der Waals surface area contributed by atoms with Gasteiger partial charge in [-0.1, -0.05) is 29.8 Å². The Kier molecular flexibility index (Phi) is 5.60. The van der Waals surface area contributed by atoms with Gasteiger partial charge in [0.25, 0.3) is 0 Å². The van der Waals surface area contributed by atoms with Crippen molar-refractivity contribution in [3.05, 3.63) is 53.6 Å². The maximum Gasteiger partial charge on any atom is 0.316 e. The third kappa shape index (κ3) is 4.02. The number of amides is 2. The lowest BCUT2D eigenvalue weighted by atomic mass is 10.2. The summed E-state index contributed by atoms with van der Waals surface area (Å²) in [5, 5.41) is 2.90. The van der Waals surface area contributed by atoms with E-state index in [4.69, 9.17) is 16.3 Å². The van der Waals surface area contributed by atoms with Crippen LogP contribution in [0.5, 0.6) is 5.75 Å². The second kappa shape index (κ2) is 7.65. The van der Waals surface area contributed by atoms with E-state index in [1.807, 2.05) is 25.1 Å². The molecule has 0 aromatic heterocycles. The summed E-state index contributed by atoms with van der Waals surface area (Å²) in [6, 6.07) is 13.8. The average Bonchev–Trinajstić information content (AvgIpc) is 2.56. The number of benzene rings is 2. The molecule has 0 unspecified atom stereocenters. The lowest BCUT2D eigenvalue weighted by Crippen LogP contribution is -2.39. The van der Waals surface area contributed by atoms with Gasteiger partial charge in [0.15, 0.2) is 0 Å². The van der Waals surface area contributed by atoms with Crippen molar-refractivity contribution < 1.29 is 14.3 Å². The van der Waals surface area contributed by atoms with Crippen LogP contribution in [0.15, 0.2) is 48.5 Å². The number of methoxy groups -OCH3 is 1. The van der Waals surface area contributed by atoms with Crippen molar-refractivity contribution in [2.24, 2.45) is 0 Å². The van der Waals surface area contributed by atoms with Crippen LogP contribution in [-0.2, 0) is 9.59 Å². The first-order valence-electron chi connectivity index (χ1n) is 7.08. The first-order valence-corrected chi connectivity index (χ1v) is 7.46. The Morgan fingerprint density at radius 2 is 1.87 bits per heavy atom. The van der Waals surface area contributed by atoms with E-state index in [1.165, 1.54) is 18.1 Å². The Morgan fingerprint density at radius 1 is 1.17 bits per heavy atom. The predicted molar refractivity (Wildman–Crippen MR) is 91.1 cm³/mol. The van der Waals surface area contributed by atoms with Gasteiger partial charge in [-0.15, -0.1) is 0 Å². The minimum Gasteiger partial charge on any atom is -0.495 e. The van der Waals surface area contributed by atoms with Gasteiger partial charge in [0.1, 0.15) is 5.75 Å². The van der Waals surface area contributed by atoms with Gasteiger partial charge < -0.3 is 15.0 Å². The lowest BCUT2D eigenvalue weighted by Gasteiger charge is -2.20. The molecule has 0 radical (unpaired) electrons. The monoisotopic (exact) mass is 332 g/mol. The van der Waals surface area contributed by atoms with Crippen LogP contribution in [0, 0.1) is 0 Å². The Morgan fingerprint density at radius 3 is 2.43 bits per heavy atom. The van der Waals surface area contributed by atoms with Gasteiger partial charge in [0, 0.05) is 17.9 Å². The molecule has 0 fully saturated rings.